The Morgan fingerprint density at radius 1 is 1.43 bits per heavy atom. The van der Waals surface area contributed by atoms with Crippen molar-refractivity contribution < 1.29 is 4.79 Å². The summed E-state index contributed by atoms with van der Waals surface area (Å²) < 4.78 is 0. The fraction of sp³-hybridized carbons (Fsp3) is 0.273. The fourth-order valence-corrected chi connectivity index (χ4v) is 1.30. The second-order valence-corrected chi connectivity index (χ2v) is 3.65. The van der Waals surface area contributed by atoms with Gasteiger partial charge in [-0.15, -0.1) is 0 Å². The number of hydrogen-bond donors (Lipinski definition) is 1. The predicted octanol–water partition coefficient (Wildman–Crippen LogP) is 1.59. The minimum Gasteiger partial charge on any atom is -0.366 e. The molecule has 1 aromatic rings. The highest BCUT2D eigenvalue weighted by atomic mass is 16.1. The summed E-state index contributed by atoms with van der Waals surface area (Å²) in [6.45, 7) is 3.52. The Morgan fingerprint density at radius 2 is 2.00 bits per heavy atom. The van der Waals surface area contributed by atoms with E-state index in [9.17, 15) is 4.79 Å². The second kappa shape index (κ2) is 3.51. The van der Waals surface area contributed by atoms with Gasteiger partial charge in [0.25, 0.3) is 0 Å². The third-order valence-electron chi connectivity index (χ3n) is 2.15. The topological polar surface area (TPSA) is 66.9 Å². The van der Waals surface area contributed by atoms with Crippen LogP contribution in [-0.2, 0) is 5.41 Å². The van der Waals surface area contributed by atoms with Crippen molar-refractivity contribution in [2.75, 3.05) is 0 Å². The highest BCUT2D eigenvalue weighted by molar-refractivity contribution is 5.94. The molecule has 0 aliphatic heterocycles. The van der Waals surface area contributed by atoms with Crippen LogP contribution in [0.1, 0.15) is 29.8 Å². The summed E-state index contributed by atoms with van der Waals surface area (Å²) in [5, 5.41) is 8.95. The number of amides is 1. The van der Waals surface area contributed by atoms with Gasteiger partial charge < -0.3 is 5.73 Å². The Hall–Kier alpha value is -1.82. The van der Waals surface area contributed by atoms with E-state index in [-0.39, 0.29) is 0 Å². The molecule has 0 atom stereocenters. The largest absolute Gasteiger partial charge is 0.366 e. The van der Waals surface area contributed by atoms with Crippen LogP contribution in [0.3, 0.4) is 0 Å². The van der Waals surface area contributed by atoms with Crippen molar-refractivity contribution in [2.24, 2.45) is 5.73 Å². The average molecular weight is 188 g/mol. The summed E-state index contributed by atoms with van der Waals surface area (Å²) in [6, 6.07) is 9.06. The first-order valence-electron chi connectivity index (χ1n) is 4.29. The lowest BCUT2D eigenvalue weighted by Gasteiger charge is -2.18. The summed E-state index contributed by atoms with van der Waals surface area (Å²) in [5.74, 6) is -0.496. The van der Waals surface area contributed by atoms with E-state index in [1.807, 2.05) is 0 Å². The average Bonchev–Trinajstić information content (AvgIpc) is 2.18. The maximum atomic E-state index is 11.1. The third kappa shape index (κ3) is 1.74. The first-order valence-corrected chi connectivity index (χ1v) is 4.29. The van der Waals surface area contributed by atoms with Crippen molar-refractivity contribution in [1.82, 2.24) is 0 Å². The molecule has 14 heavy (non-hydrogen) atoms. The fourth-order valence-electron chi connectivity index (χ4n) is 1.30. The van der Waals surface area contributed by atoms with Gasteiger partial charge in [0.05, 0.1) is 11.5 Å². The van der Waals surface area contributed by atoms with E-state index in [1.165, 1.54) is 0 Å². The number of hydrogen-bond acceptors (Lipinski definition) is 2. The molecule has 2 N–H and O–H groups in total. The van der Waals surface area contributed by atoms with E-state index >= 15 is 0 Å². The summed E-state index contributed by atoms with van der Waals surface area (Å²) >= 11 is 0. The highest BCUT2D eigenvalue weighted by Crippen LogP contribution is 2.25. The molecule has 0 fully saturated rings. The molecule has 0 saturated carbocycles. The van der Waals surface area contributed by atoms with Crippen LogP contribution >= 0.6 is 0 Å². The van der Waals surface area contributed by atoms with Gasteiger partial charge in [0.15, 0.2) is 0 Å². The SMILES string of the molecule is CC(C)(C#N)c1ccccc1C(N)=O. The normalized spacial score (nSPS) is 10.6. The second-order valence-electron chi connectivity index (χ2n) is 3.65. The predicted molar refractivity (Wildman–Crippen MR) is 53.6 cm³/mol. The molecule has 0 bridgehead atoms. The molecule has 72 valence electrons. The first-order chi connectivity index (χ1) is 6.49. The molecule has 0 spiro atoms. The summed E-state index contributed by atoms with van der Waals surface area (Å²) in [6.07, 6.45) is 0. The van der Waals surface area contributed by atoms with Crippen LogP contribution in [-0.4, -0.2) is 5.91 Å². The molecule has 3 nitrogen and oxygen atoms in total. The standard InChI is InChI=1S/C11H12N2O/c1-11(2,7-12)9-6-4-3-5-8(9)10(13)14/h3-6H,1-2H3,(H2,13,14). The van der Waals surface area contributed by atoms with Crippen LogP contribution in [0.2, 0.25) is 0 Å². The molecule has 0 aromatic heterocycles. The Labute approximate surface area is 83.2 Å². The van der Waals surface area contributed by atoms with Gasteiger partial charge in [0.2, 0.25) is 5.91 Å². The Morgan fingerprint density at radius 3 is 2.50 bits per heavy atom. The van der Waals surface area contributed by atoms with Crippen molar-refractivity contribution in [2.45, 2.75) is 19.3 Å². The Bertz CT molecular complexity index is 402. The van der Waals surface area contributed by atoms with Crippen molar-refractivity contribution in [3.63, 3.8) is 0 Å². The number of primary amides is 1. The zero-order valence-corrected chi connectivity index (χ0v) is 8.24. The van der Waals surface area contributed by atoms with Gasteiger partial charge in [-0.05, 0) is 25.5 Å². The minimum atomic E-state index is -0.689. The van der Waals surface area contributed by atoms with Crippen LogP contribution in [0.25, 0.3) is 0 Å². The molecule has 0 unspecified atom stereocenters. The van der Waals surface area contributed by atoms with Crippen LogP contribution < -0.4 is 5.73 Å². The lowest BCUT2D eigenvalue weighted by atomic mass is 9.83. The van der Waals surface area contributed by atoms with Gasteiger partial charge in [0.1, 0.15) is 0 Å². The number of rotatable bonds is 2. The number of nitriles is 1. The number of carbonyl (C=O) groups is 1. The van der Waals surface area contributed by atoms with Crippen LogP contribution in [0.4, 0.5) is 0 Å². The molecular formula is C11H12N2O. The minimum absolute atomic E-state index is 0.416. The molecule has 0 saturated heterocycles. The van der Waals surface area contributed by atoms with E-state index in [0.29, 0.717) is 11.1 Å². The Balaban J connectivity index is 3.36. The number of carbonyl (C=O) groups excluding carboxylic acids is 1. The molecule has 0 aliphatic carbocycles. The monoisotopic (exact) mass is 188 g/mol. The van der Waals surface area contributed by atoms with Crippen molar-refractivity contribution in [3.05, 3.63) is 35.4 Å². The molecule has 3 heteroatoms. The van der Waals surface area contributed by atoms with E-state index in [4.69, 9.17) is 11.0 Å². The van der Waals surface area contributed by atoms with Gasteiger partial charge in [-0.1, -0.05) is 18.2 Å². The van der Waals surface area contributed by atoms with Crippen LogP contribution in [0.15, 0.2) is 24.3 Å². The number of nitrogens with two attached hydrogens (primary N) is 1. The summed E-state index contributed by atoms with van der Waals surface area (Å²) in [4.78, 5) is 11.1. The van der Waals surface area contributed by atoms with E-state index in [2.05, 4.69) is 6.07 Å². The summed E-state index contributed by atoms with van der Waals surface area (Å²) in [7, 11) is 0. The van der Waals surface area contributed by atoms with Crippen LogP contribution in [0, 0.1) is 11.3 Å². The molecule has 1 aromatic carbocycles. The van der Waals surface area contributed by atoms with E-state index in [1.54, 1.807) is 38.1 Å². The third-order valence-corrected chi connectivity index (χ3v) is 2.15. The van der Waals surface area contributed by atoms with Crippen molar-refractivity contribution >= 4 is 5.91 Å². The molecular weight excluding hydrogens is 176 g/mol. The zero-order valence-electron chi connectivity index (χ0n) is 8.24. The maximum absolute atomic E-state index is 11.1. The smallest absolute Gasteiger partial charge is 0.249 e. The highest BCUT2D eigenvalue weighted by Gasteiger charge is 2.24. The Kier molecular flexibility index (Phi) is 2.57. The molecule has 1 rings (SSSR count). The molecule has 0 aliphatic rings. The van der Waals surface area contributed by atoms with Gasteiger partial charge in [-0.25, -0.2) is 0 Å². The lowest BCUT2D eigenvalue weighted by Crippen LogP contribution is -2.22. The molecule has 1 amide bonds. The molecule has 0 heterocycles. The summed E-state index contributed by atoms with van der Waals surface area (Å²) in [5.41, 5.74) is 5.62. The zero-order chi connectivity index (χ0) is 10.8. The quantitative estimate of drug-likeness (QED) is 0.765. The van der Waals surface area contributed by atoms with Gasteiger partial charge in [0, 0.05) is 5.56 Å². The van der Waals surface area contributed by atoms with E-state index in [0.717, 1.165) is 0 Å². The van der Waals surface area contributed by atoms with Gasteiger partial charge in [-0.3, -0.25) is 4.79 Å². The number of nitrogens with zero attached hydrogens (tertiary/aromatic N) is 1. The number of benzene rings is 1. The maximum Gasteiger partial charge on any atom is 0.249 e. The van der Waals surface area contributed by atoms with Crippen LogP contribution in [0.5, 0.6) is 0 Å². The first kappa shape index (κ1) is 10.3. The lowest BCUT2D eigenvalue weighted by molar-refractivity contribution is 0.0998. The van der Waals surface area contributed by atoms with Crippen molar-refractivity contribution in [1.29, 1.82) is 5.26 Å². The van der Waals surface area contributed by atoms with E-state index < -0.39 is 11.3 Å². The van der Waals surface area contributed by atoms with Crippen molar-refractivity contribution in [3.8, 4) is 6.07 Å². The van der Waals surface area contributed by atoms with Gasteiger partial charge >= 0.3 is 0 Å². The van der Waals surface area contributed by atoms with Gasteiger partial charge in [-0.2, -0.15) is 5.26 Å². The molecule has 0 radical (unpaired) electrons.